The molecule has 5 heterocycles. The van der Waals surface area contributed by atoms with Gasteiger partial charge in [-0.25, -0.2) is 15.0 Å². The molecule has 2 fully saturated rings. The highest BCUT2D eigenvalue weighted by Crippen LogP contribution is 2.43. The van der Waals surface area contributed by atoms with Crippen molar-refractivity contribution >= 4 is 23.4 Å². The number of likely N-dealkylation sites (tertiary alicyclic amines) is 1. The number of hydrogen-bond donors (Lipinski definition) is 1. The van der Waals surface area contributed by atoms with E-state index in [2.05, 4.69) is 29.9 Å². The van der Waals surface area contributed by atoms with Gasteiger partial charge in [0.15, 0.2) is 5.82 Å². The third-order valence-electron chi connectivity index (χ3n) is 6.50. The van der Waals surface area contributed by atoms with E-state index in [4.69, 9.17) is 4.98 Å². The second-order valence-corrected chi connectivity index (χ2v) is 9.09. The molecule has 0 atom stereocenters. The second kappa shape index (κ2) is 9.25. The smallest absolute Gasteiger partial charge is 0.406 e. The molecule has 2 aliphatic rings. The van der Waals surface area contributed by atoms with Crippen LogP contribution in [0.4, 0.5) is 30.6 Å². The molecule has 0 saturated carbocycles. The van der Waals surface area contributed by atoms with E-state index in [0.717, 1.165) is 51.2 Å². The fourth-order valence-corrected chi connectivity index (χ4v) is 4.63. The Morgan fingerprint density at radius 1 is 1.08 bits per heavy atom. The molecule has 1 spiro atoms. The van der Waals surface area contributed by atoms with Crippen LogP contribution in [0.1, 0.15) is 19.8 Å². The van der Waals surface area contributed by atoms with E-state index in [1.807, 2.05) is 11.0 Å². The van der Waals surface area contributed by atoms with Crippen LogP contribution in [0, 0.1) is 5.41 Å². The van der Waals surface area contributed by atoms with Crippen LogP contribution in [0.5, 0.6) is 5.75 Å². The lowest BCUT2D eigenvalue weighted by Gasteiger charge is -2.54. The number of ether oxygens (including phenoxy) is 1. The average Bonchev–Trinajstić information content (AvgIpc) is 2.82. The summed E-state index contributed by atoms with van der Waals surface area (Å²) >= 11 is 0. The molecule has 0 aromatic carbocycles. The fourth-order valence-electron chi connectivity index (χ4n) is 4.63. The first-order chi connectivity index (χ1) is 17.2. The van der Waals surface area contributed by atoms with Crippen molar-refractivity contribution in [3.05, 3.63) is 48.9 Å². The van der Waals surface area contributed by atoms with Crippen LogP contribution in [0.15, 0.2) is 48.9 Å². The third-order valence-corrected chi connectivity index (χ3v) is 6.50. The van der Waals surface area contributed by atoms with Gasteiger partial charge in [-0.1, -0.05) is 0 Å². The first kappa shape index (κ1) is 23.8. The lowest BCUT2D eigenvalue weighted by atomic mass is 9.72. The molecule has 9 nitrogen and oxygen atoms in total. The standard InChI is InChI=1S/C24H24F3N7O2/c1-16(35)33-9-5-23(6-10-33)14-34(15-23)21-12-20(31-22(32-21)17-3-2-7-28-13-17)30-19-11-18(4-8-29-19)36-24(25,26)27/h2-4,7-8,11-13H,5-6,9-10,14-15H2,1H3,(H,29,30,31,32). The predicted octanol–water partition coefficient (Wildman–Crippen LogP) is 4.02. The molecule has 1 N–H and O–H groups in total. The van der Waals surface area contributed by atoms with E-state index in [1.54, 1.807) is 31.5 Å². The average molecular weight is 499 g/mol. The van der Waals surface area contributed by atoms with Crippen LogP contribution < -0.4 is 15.0 Å². The number of nitrogens with zero attached hydrogens (tertiary/aromatic N) is 6. The summed E-state index contributed by atoms with van der Waals surface area (Å²) in [5.41, 5.74) is 0.846. The molecule has 36 heavy (non-hydrogen) atoms. The number of aromatic nitrogens is 4. The first-order valence-electron chi connectivity index (χ1n) is 11.5. The summed E-state index contributed by atoms with van der Waals surface area (Å²) in [4.78, 5) is 33.2. The number of alkyl halides is 3. The van der Waals surface area contributed by atoms with Gasteiger partial charge in [0.25, 0.3) is 0 Å². The quantitative estimate of drug-likeness (QED) is 0.562. The molecule has 1 amide bonds. The highest BCUT2D eigenvalue weighted by Gasteiger charge is 2.45. The van der Waals surface area contributed by atoms with Gasteiger partial charge in [-0.2, -0.15) is 0 Å². The molecule has 12 heteroatoms. The molecule has 2 saturated heterocycles. The Morgan fingerprint density at radius 3 is 2.53 bits per heavy atom. The molecule has 0 bridgehead atoms. The fraction of sp³-hybridized carbons (Fsp3) is 0.375. The number of nitrogens with one attached hydrogen (secondary N) is 1. The number of carbonyl (C=O) groups is 1. The van der Waals surface area contributed by atoms with Gasteiger partial charge < -0.3 is 19.9 Å². The van der Waals surface area contributed by atoms with E-state index in [1.165, 1.54) is 6.20 Å². The van der Waals surface area contributed by atoms with Gasteiger partial charge >= 0.3 is 6.36 Å². The van der Waals surface area contributed by atoms with Gasteiger partial charge in [-0.05, 0) is 31.0 Å². The Bertz CT molecular complexity index is 1240. The maximum absolute atomic E-state index is 12.6. The van der Waals surface area contributed by atoms with Gasteiger partial charge in [0.05, 0.1) is 0 Å². The van der Waals surface area contributed by atoms with Crippen LogP contribution in [0.3, 0.4) is 0 Å². The summed E-state index contributed by atoms with van der Waals surface area (Å²) in [5, 5.41) is 2.97. The summed E-state index contributed by atoms with van der Waals surface area (Å²) in [5.74, 6) is 1.36. The Hall–Kier alpha value is -3.96. The van der Waals surface area contributed by atoms with Gasteiger partial charge in [-0.3, -0.25) is 9.78 Å². The predicted molar refractivity (Wildman–Crippen MR) is 126 cm³/mol. The Morgan fingerprint density at radius 2 is 1.86 bits per heavy atom. The minimum atomic E-state index is -4.80. The largest absolute Gasteiger partial charge is 0.573 e. The SMILES string of the molecule is CC(=O)N1CCC2(CC1)CN(c1cc(Nc3cc(OC(F)(F)F)ccn3)nc(-c3cccnc3)n1)C2. The highest BCUT2D eigenvalue weighted by atomic mass is 19.4. The summed E-state index contributed by atoms with van der Waals surface area (Å²) in [7, 11) is 0. The number of anilines is 3. The zero-order chi connectivity index (χ0) is 25.3. The van der Waals surface area contributed by atoms with Gasteiger partial charge in [0.1, 0.15) is 23.2 Å². The van der Waals surface area contributed by atoms with E-state index in [-0.39, 0.29) is 22.9 Å². The van der Waals surface area contributed by atoms with Gasteiger partial charge in [0, 0.05) is 74.8 Å². The van der Waals surface area contributed by atoms with Crippen molar-refractivity contribution < 1.29 is 22.7 Å². The molecule has 2 aliphatic heterocycles. The van der Waals surface area contributed by atoms with Crippen LogP contribution in [0.2, 0.25) is 0 Å². The molecule has 0 unspecified atom stereocenters. The molecule has 188 valence electrons. The molecular formula is C24H24F3N7O2. The number of pyridine rings is 2. The van der Waals surface area contributed by atoms with Crippen molar-refractivity contribution in [1.29, 1.82) is 0 Å². The maximum atomic E-state index is 12.6. The number of carbonyl (C=O) groups excluding carboxylic acids is 1. The van der Waals surface area contributed by atoms with Gasteiger partial charge in [-0.15, -0.1) is 13.2 Å². The van der Waals surface area contributed by atoms with Crippen LogP contribution in [-0.4, -0.2) is 63.3 Å². The monoisotopic (exact) mass is 499 g/mol. The van der Waals surface area contributed by atoms with Crippen molar-refractivity contribution in [2.24, 2.45) is 5.41 Å². The summed E-state index contributed by atoms with van der Waals surface area (Å²) in [6.45, 7) is 4.70. The Balaban J connectivity index is 1.38. The van der Waals surface area contributed by atoms with E-state index < -0.39 is 6.36 Å². The summed E-state index contributed by atoms with van der Waals surface area (Å²) in [6, 6.07) is 7.64. The van der Waals surface area contributed by atoms with Crippen molar-refractivity contribution in [3.8, 4) is 17.1 Å². The molecular weight excluding hydrogens is 475 g/mol. The molecule has 0 radical (unpaired) electrons. The lowest BCUT2D eigenvalue weighted by Crippen LogP contribution is -2.61. The normalized spacial score (nSPS) is 17.0. The zero-order valence-electron chi connectivity index (χ0n) is 19.5. The number of piperidine rings is 1. The minimum Gasteiger partial charge on any atom is -0.406 e. The number of hydrogen-bond acceptors (Lipinski definition) is 8. The topological polar surface area (TPSA) is 96.4 Å². The Kier molecular flexibility index (Phi) is 6.10. The van der Waals surface area contributed by atoms with Crippen molar-refractivity contribution in [2.75, 3.05) is 36.4 Å². The van der Waals surface area contributed by atoms with E-state index in [0.29, 0.717) is 23.0 Å². The minimum absolute atomic E-state index is 0.104. The van der Waals surface area contributed by atoms with E-state index >= 15 is 0 Å². The molecule has 3 aromatic rings. The zero-order valence-corrected chi connectivity index (χ0v) is 19.5. The van der Waals surface area contributed by atoms with Crippen molar-refractivity contribution in [2.45, 2.75) is 26.1 Å². The van der Waals surface area contributed by atoms with Crippen molar-refractivity contribution in [3.63, 3.8) is 0 Å². The molecule has 3 aromatic heterocycles. The Labute approximate surface area is 205 Å². The van der Waals surface area contributed by atoms with Crippen molar-refractivity contribution in [1.82, 2.24) is 24.8 Å². The maximum Gasteiger partial charge on any atom is 0.573 e. The van der Waals surface area contributed by atoms with E-state index in [9.17, 15) is 18.0 Å². The molecule has 5 rings (SSSR count). The summed E-state index contributed by atoms with van der Waals surface area (Å²) in [6.07, 6.45) is 1.58. The van der Waals surface area contributed by atoms with Crippen LogP contribution in [-0.2, 0) is 4.79 Å². The lowest BCUT2D eigenvalue weighted by molar-refractivity contribution is -0.274. The number of halogens is 3. The third kappa shape index (κ3) is 5.31. The molecule has 0 aliphatic carbocycles. The highest BCUT2D eigenvalue weighted by molar-refractivity contribution is 5.73. The van der Waals surface area contributed by atoms with Crippen LogP contribution >= 0.6 is 0 Å². The number of amides is 1. The number of rotatable bonds is 5. The first-order valence-corrected chi connectivity index (χ1v) is 11.5. The second-order valence-electron chi connectivity index (χ2n) is 9.09. The van der Waals surface area contributed by atoms with Gasteiger partial charge in [0.2, 0.25) is 5.91 Å². The summed E-state index contributed by atoms with van der Waals surface area (Å²) < 4.78 is 41.9. The van der Waals surface area contributed by atoms with Crippen LogP contribution in [0.25, 0.3) is 11.4 Å².